The highest BCUT2D eigenvalue weighted by molar-refractivity contribution is 7.80. The van der Waals surface area contributed by atoms with Crippen LogP contribution < -0.4 is 5.32 Å². The second-order valence-electron chi connectivity index (χ2n) is 9.16. The normalized spacial score (nSPS) is 10.9. The summed E-state index contributed by atoms with van der Waals surface area (Å²) in [5, 5.41) is 4.93. The number of nitrogens with one attached hydrogen (secondary N) is 1. The van der Waals surface area contributed by atoms with Gasteiger partial charge in [0.1, 0.15) is 0 Å². The van der Waals surface area contributed by atoms with Crippen molar-refractivity contribution < 1.29 is 0 Å². The molecule has 0 aliphatic rings. The molecule has 1 N–H and O–H groups in total. The first-order chi connectivity index (χ1) is 16.9. The van der Waals surface area contributed by atoms with Crippen LogP contribution in [0.2, 0.25) is 5.02 Å². The number of halogens is 1. The lowest BCUT2D eigenvalue weighted by Crippen LogP contribution is -2.36. The molecule has 180 valence electrons. The summed E-state index contributed by atoms with van der Waals surface area (Å²) in [4.78, 5) is 2.25. The van der Waals surface area contributed by atoms with E-state index in [1.165, 1.54) is 33.5 Å². The zero-order valence-electron chi connectivity index (χ0n) is 20.6. The van der Waals surface area contributed by atoms with Crippen molar-refractivity contribution in [2.45, 2.75) is 40.3 Å². The molecule has 0 aliphatic carbocycles. The molecule has 0 atom stereocenters. The summed E-state index contributed by atoms with van der Waals surface area (Å²) in [5.41, 5.74) is 8.63. The molecule has 0 spiro atoms. The van der Waals surface area contributed by atoms with Gasteiger partial charge in [0.15, 0.2) is 5.11 Å². The van der Waals surface area contributed by atoms with E-state index < -0.39 is 0 Å². The van der Waals surface area contributed by atoms with Gasteiger partial charge in [-0.25, -0.2) is 0 Å². The average molecular weight is 502 g/mol. The molecule has 5 heteroatoms. The molecule has 0 saturated heterocycles. The van der Waals surface area contributed by atoms with E-state index in [2.05, 4.69) is 102 Å². The number of thiocarbonyl (C=S) groups is 1. The van der Waals surface area contributed by atoms with Crippen LogP contribution in [0.5, 0.6) is 0 Å². The third-order valence-corrected chi connectivity index (χ3v) is 6.87. The topological polar surface area (TPSA) is 20.2 Å². The molecule has 1 heterocycles. The van der Waals surface area contributed by atoms with Crippen LogP contribution in [0.4, 0.5) is 5.69 Å². The van der Waals surface area contributed by atoms with Crippen LogP contribution in [0.1, 0.15) is 33.5 Å². The number of nitrogens with zero attached hydrogens (tertiary/aromatic N) is 2. The highest BCUT2D eigenvalue weighted by Crippen LogP contribution is 2.18. The first-order valence-corrected chi connectivity index (χ1v) is 12.7. The zero-order chi connectivity index (χ0) is 24.8. The second-order valence-corrected chi connectivity index (χ2v) is 9.98. The number of rotatable bonds is 8. The standard InChI is InChI=1S/C30H32ClN3S/c1-22-6-4-7-28(19-22)32-30(35)34(17-15-25-10-13-27(31)14-11-25)21-29-8-5-16-33(29)20-26-12-9-23(2)18-24(26)3/h4-14,16,18-19H,15,17,20-21H2,1-3H3,(H,32,35). The fourth-order valence-electron chi connectivity index (χ4n) is 4.24. The van der Waals surface area contributed by atoms with E-state index in [1.54, 1.807) is 0 Å². The van der Waals surface area contributed by atoms with Gasteiger partial charge in [0.05, 0.1) is 6.54 Å². The van der Waals surface area contributed by atoms with Gasteiger partial charge in [-0.15, -0.1) is 0 Å². The first-order valence-electron chi connectivity index (χ1n) is 11.9. The van der Waals surface area contributed by atoms with Gasteiger partial charge in [0, 0.05) is 35.7 Å². The maximum absolute atomic E-state index is 6.08. The minimum atomic E-state index is 0.725. The Balaban J connectivity index is 1.53. The number of aromatic nitrogens is 1. The number of hydrogen-bond donors (Lipinski definition) is 1. The van der Waals surface area contributed by atoms with Gasteiger partial charge in [0.2, 0.25) is 0 Å². The van der Waals surface area contributed by atoms with E-state index in [-0.39, 0.29) is 0 Å². The van der Waals surface area contributed by atoms with Crippen molar-refractivity contribution in [2.24, 2.45) is 0 Å². The van der Waals surface area contributed by atoms with Gasteiger partial charge in [-0.1, -0.05) is 59.6 Å². The smallest absolute Gasteiger partial charge is 0.173 e. The van der Waals surface area contributed by atoms with Crippen molar-refractivity contribution in [3.8, 4) is 0 Å². The lowest BCUT2D eigenvalue weighted by Gasteiger charge is -2.27. The molecule has 0 bridgehead atoms. The van der Waals surface area contributed by atoms with Gasteiger partial charge < -0.3 is 14.8 Å². The molecule has 0 radical (unpaired) electrons. The average Bonchev–Trinajstić information content (AvgIpc) is 3.26. The summed E-state index contributed by atoms with van der Waals surface area (Å²) in [6.45, 7) is 8.78. The first kappa shape index (κ1) is 25.0. The third-order valence-electron chi connectivity index (χ3n) is 6.26. The lowest BCUT2D eigenvalue weighted by molar-refractivity contribution is 0.409. The van der Waals surface area contributed by atoms with Crippen molar-refractivity contribution in [1.29, 1.82) is 0 Å². The van der Waals surface area contributed by atoms with E-state index in [0.717, 1.165) is 41.9 Å². The van der Waals surface area contributed by atoms with Crippen LogP contribution >= 0.6 is 23.8 Å². The molecule has 3 aromatic carbocycles. The Kier molecular flexibility index (Phi) is 8.27. The van der Waals surface area contributed by atoms with E-state index in [0.29, 0.717) is 0 Å². The van der Waals surface area contributed by atoms with Crippen LogP contribution in [-0.2, 0) is 19.5 Å². The summed E-state index contributed by atoms with van der Waals surface area (Å²) < 4.78 is 2.32. The van der Waals surface area contributed by atoms with Crippen LogP contribution in [-0.4, -0.2) is 21.1 Å². The fraction of sp³-hybridized carbons (Fsp3) is 0.233. The van der Waals surface area contributed by atoms with Gasteiger partial charge in [0.25, 0.3) is 0 Å². The molecule has 0 unspecified atom stereocenters. The minimum absolute atomic E-state index is 0.725. The second kappa shape index (κ2) is 11.6. The van der Waals surface area contributed by atoms with Crippen LogP contribution in [0.25, 0.3) is 0 Å². The Morgan fingerprint density at radius 3 is 2.43 bits per heavy atom. The van der Waals surface area contributed by atoms with E-state index >= 15 is 0 Å². The molecular weight excluding hydrogens is 470 g/mol. The summed E-state index contributed by atoms with van der Waals surface area (Å²) in [6, 6.07) is 27.3. The van der Waals surface area contributed by atoms with E-state index in [9.17, 15) is 0 Å². The van der Waals surface area contributed by atoms with Crippen molar-refractivity contribution in [3.63, 3.8) is 0 Å². The number of anilines is 1. The summed E-state index contributed by atoms with van der Waals surface area (Å²) in [6.07, 6.45) is 3.04. The monoisotopic (exact) mass is 501 g/mol. The minimum Gasteiger partial charge on any atom is -0.345 e. The molecular formula is C30H32ClN3S. The Hall–Kier alpha value is -3.08. The van der Waals surface area contributed by atoms with Crippen molar-refractivity contribution in [1.82, 2.24) is 9.47 Å². The van der Waals surface area contributed by atoms with Gasteiger partial charge in [-0.3, -0.25) is 0 Å². The van der Waals surface area contributed by atoms with Gasteiger partial charge >= 0.3 is 0 Å². The van der Waals surface area contributed by atoms with Crippen molar-refractivity contribution in [3.05, 3.63) is 124 Å². The molecule has 0 aliphatic heterocycles. The Bertz CT molecular complexity index is 1290. The lowest BCUT2D eigenvalue weighted by atomic mass is 10.1. The zero-order valence-corrected chi connectivity index (χ0v) is 22.2. The Morgan fingerprint density at radius 2 is 1.69 bits per heavy atom. The summed E-state index contributed by atoms with van der Waals surface area (Å²) in [7, 11) is 0. The molecule has 4 aromatic rings. The van der Waals surface area contributed by atoms with Crippen LogP contribution in [0.15, 0.2) is 85.1 Å². The number of benzene rings is 3. The number of hydrogen-bond acceptors (Lipinski definition) is 1. The molecule has 0 saturated carbocycles. The predicted molar refractivity (Wildman–Crippen MR) is 152 cm³/mol. The molecule has 3 nitrogen and oxygen atoms in total. The highest BCUT2D eigenvalue weighted by Gasteiger charge is 2.14. The molecule has 1 aromatic heterocycles. The molecule has 0 amide bonds. The summed E-state index contributed by atoms with van der Waals surface area (Å²) in [5.74, 6) is 0. The SMILES string of the molecule is Cc1cccc(NC(=S)N(CCc2ccc(Cl)cc2)Cc2cccn2Cc2ccc(C)cc2C)c1. The largest absolute Gasteiger partial charge is 0.345 e. The van der Waals surface area contributed by atoms with E-state index in [1.807, 2.05) is 18.2 Å². The van der Waals surface area contributed by atoms with Gasteiger partial charge in [-0.2, -0.15) is 0 Å². The highest BCUT2D eigenvalue weighted by atomic mass is 35.5. The maximum Gasteiger partial charge on any atom is 0.173 e. The molecule has 4 rings (SSSR count). The quantitative estimate of drug-likeness (QED) is 0.251. The van der Waals surface area contributed by atoms with E-state index in [4.69, 9.17) is 23.8 Å². The maximum atomic E-state index is 6.08. The summed E-state index contributed by atoms with van der Waals surface area (Å²) >= 11 is 12.0. The number of aryl methyl sites for hydroxylation is 3. The van der Waals surface area contributed by atoms with Crippen molar-refractivity contribution in [2.75, 3.05) is 11.9 Å². The van der Waals surface area contributed by atoms with Crippen molar-refractivity contribution >= 4 is 34.6 Å². The van der Waals surface area contributed by atoms with Crippen LogP contribution in [0, 0.1) is 20.8 Å². The Labute approximate surface area is 219 Å². The third kappa shape index (κ3) is 6.97. The fourth-order valence-corrected chi connectivity index (χ4v) is 4.64. The van der Waals surface area contributed by atoms with Gasteiger partial charge in [-0.05, 0) is 98.1 Å². The predicted octanol–water partition coefficient (Wildman–Crippen LogP) is 7.56. The Morgan fingerprint density at radius 1 is 0.914 bits per heavy atom. The van der Waals surface area contributed by atoms with Crippen LogP contribution in [0.3, 0.4) is 0 Å². The molecule has 0 fully saturated rings. The molecule has 35 heavy (non-hydrogen) atoms.